The van der Waals surface area contributed by atoms with E-state index in [4.69, 9.17) is 10.5 Å². The average molecular weight is 279 g/mol. The maximum atomic E-state index is 11.7. The van der Waals surface area contributed by atoms with E-state index in [0.717, 1.165) is 0 Å². The van der Waals surface area contributed by atoms with Crippen molar-refractivity contribution in [3.63, 3.8) is 0 Å². The summed E-state index contributed by atoms with van der Waals surface area (Å²) in [6.07, 6.45) is 1.48. The van der Waals surface area contributed by atoms with Gasteiger partial charge in [-0.3, -0.25) is 0 Å². The van der Waals surface area contributed by atoms with Gasteiger partial charge in [-0.1, -0.05) is 0 Å². The first-order chi connectivity index (χ1) is 9.11. The average Bonchev–Trinajstić information content (AvgIpc) is 2.78. The zero-order valence-corrected chi connectivity index (χ0v) is 11.3. The molecule has 0 aliphatic carbocycles. The minimum atomic E-state index is -0.473. The van der Waals surface area contributed by atoms with Gasteiger partial charge in [0.15, 0.2) is 5.82 Å². The van der Waals surface area contributed by atoms with Crippen molar-refractivity contribution in [2.75, 3.05) is 17.7 Å². The van der Waals surface area contributed by atoms with Gasteiger partial charge in [-0.15, -0.1) is 0 Å². The highest BCUT2D eigenvalue weighted by atomic mass is 32.1. The Hall–Kier alpha value is -2.22. The van der Waals surface area contributed by atoms with Crippen LogP contribution in [-0.4, -0.2) is 26.9 Å². The molecule has 0 saturated heterocycles. The summed E-state index contributed by atoms with van der Waals surface area (Å²) in [7, 11) is 0. The molecule has 0 aromatic carbocycles. The van der Waals surface area contributed by atoms with Crippen LogP contribution in [0.1, 0.15) is 23.1 Å². The second kappa shape index (κ2) is 5.61. The summed E-state index contributed by atoms with van der Waals surface area (Å²) in [5.41, 5.74) is 6.41. The highest BCUT2D eigenvalue weighted by molar-refractivity contribution is 7.09. The third-order valence-corrected chi connectivity index (χ3v) is 2.96. The van der Waals surface area contributed by atoms with Crippen molar-refractivity contribution in [1.29, 1.82) is 0 Å². The Labute approximate surface area is 114 Å². The number of ether oxygens (including phenoxy) is 1. The van der Waals surface area contributed by atoms with E-state index in [2.05, 4.69) is 19.7 Å². The zero-order chi connectivity index (χ0) is 13.8. The van der Waals surface area contributed by atoms with Crippen LogP contribution in [0.3, 0.4) is 0 Å². The Kier molecular flexibility index (Phi) is 3.91. The molecule has 8 heteroatoms. The standard InChI is InChI=1S/C11H13N5O2S/c1-3-18-10(17)7-4-5-13-9(8(7)12)15-11-14-6(2)16-19-11/h4-5H,3,12H2,1-2H3,(H,13,14,15,16). The number of aromatic nitrogens is 3. The van der Waals surface area contributed by atoms with Crippen LogP contribution in [0.4, 0.5) is 16.6 Å². The van der Waals surface area contributed by atoms with Crippen molar-refractivity contribution in [2.24, 2.45) is 0 Å². The minimum absolute atomic E-state index is 0.230. The van der Waals surface area contributed by atoms with E-state index in [1.54, 1.807) is 13.8 Å². The first kappa shape index (κ1) is 13.2. The zero-order valence-electron chi connectivity index (χ0n) is 10.5. The number of hydrogen-bond acceptors (Lipinski definition) is 8. The number of esters is 1. The predicted octanol–water partition coefficient (Wildman–Crippen LogP) is 1.74. The number of nitrogen functional groups attached to an aromatic ring is 1. The van der Waals surface area contributed by atoms with Crippen LogP contribution in [-0.2, 0) is 4.74 Å². The van der Waals surface area contributed by atoms with E-state index in [-0.39, 0.29) is 11.3 Å². The van der Waals surface area contributed by atoms with Gasteiger partial charge in [0.25, 0.3) is 0 Å². The molecule has 19 heavy (non-hydrogen) atoms. The second-order valence-electron chi connectivity index (χ2n) is 3.61. The third-order valence-electron chi connectivity index (χ3n) is 2.24. The SMILES string of the molecule is CCOC(=O)c1ccnc(Nc2nc(C)ns2)c1N. The minimum Gasteiger partial charge on any atom is -0.462 e. The van der Waals surface area contributed by atoms with Gasteiger partial charge >= 0.3 is 5.97 Å². The fourth-order valence-electron chi connectivity index (χ4n) is 1.41. The highest BCUT2D eigenvalue weighted by Gasteiger charge is 2.15. The Morgan fingerprint density at radius 3 is 3.00 bits per heavy atom. The van der Waals surface area contributed by atoms with E-state index < -0.39 is 5.97 Å². The van der Waals surface area contributed by atoms with Crippen LogP contribution >= 0.6 is 11.5 Å². The summed E-state index contributed by atoms with van der Waals surface area (Å²) in [6.45, 7) is 3.81. The van der Waals surface area contributed by atoms with Gasteiger partial charge < -0.3 is 15.8 Å². The highest BCUT2D eigenvalue weighted by Crippen LogP contribution is 2.25. The van der Waals surface area contributed by atoms with Gasteiger partial charge in [-0.25, -0.2) is 14.8 Å². The van der Waals surface area contributed by atoms with Crippen LogP contribution < -0.4 is 11.1 Å². The first-order valence-electron chi connectivity index (χ1n) is 5.60. The van der Waals surface area contributed by atoms with Crippen LogP contribution in [0.5, 0.6) is 0 Å². The smallest absolute Gasteiger partial charge is 0.340 e. The molecular formula is C11H13N5O2S. The Bertz CT molecular complexity index is 599. The molecule has 3 N–H and O–H groups in total. The van der Waals surface area contributed by atoms with Crippen LogP contribution in [0, 0.1) is 6.92 Å². The Morgan fingerprint density at radius 1 is 1.58 bits per heavy atom. The molecule has 0 unspecified atom stereocenters. The fraction of sp³-hybridized carbons (Fsp3) is 0.273. The number of rotatable bonds is 4. The second-order valence-corrected chi connectivity index (χ2v) is 4.36. The molecule has 2 heterocycles. The molecule has 0 bridgehead atoms. The molecule has 0 aliphatic rings. The number of pyridine rings is 1. The normalized spacial score (nSPS) is 10.2. The lowest BCUT2D eigenvalue weighted by atomic mass is 10.2. The van der Waals surface area contributed by atoms with Gasteiger partial charge in [0, 0.05) is 17.7 Å². The van der Waals surface area contributed by atoms with Crippen LogP contribution in [0.25, 0.3) is 0 Å². The monoisotopic (exact) mass is 279 g/mol. The lowest BCUT2D eigenvalue weighted by Gasteiger charge is -2.09. The summed E-state index contributed by atoms with van der Waals surface area (Å²) in [4.78, 5) is 19.9. The maximum absolute atomic E-state index is 11.7. The molecule has 0 amide bonds. The van der Waals surface area contributed by atoms with Crippen molar-refractivity contribution in [3.05, 3.63) is 23.7 Å². The van der Waals surface area contributed by atoms with E-state index >= 15 is 0 Å². The number of nitrogens with two attached hydrogens (primary N) is 1. The van der Waals surface area contributed by atoms with E-state index in [0.29, 0.717) is 23.4 Å². The molecule has 0 aliphatic heterocycles. The first-order valence-corrected chi connectivity index (χ1v) is 6.38. The van der Waals surface area contributed by atoms with Crippen molar-refractivity contribution in [1.82, 2.24) is 14.3 Å². The maximum Gasteiger partial charge on any atom is 0.340 e. The number of aryl methyl sites for hydroxylation is 1. The van der Waals surface area contributed by atoms with Gasteiger partial charge in [0.1, 0.15) is 5.82 Å². The van der Waals surface area contributed by atoms with Gasteiger partial charge in [0.05, 0.1) is 17.9 Å². The summed E-state index contributed by atoms with van der Waals surface area (Å²) < 4.78 is 8.96. The number of nitrogens with one attached hydrogen (secondary N) is 1. The third kappa shape index (κ3) is 2.97. The molecule has 2 aromatic rings. The molecular weight excluding hydrogens is 266 g/mol. The molecule has 2 rings (SSSR count). The number of nitrogens with zero attached hydrogens (tertiary/aromatic N) is 3. The number of carbonyl (C=O) groups excluding carboxylic acids is 1. The number of carbonyl (C=O) groups is 1. The van der Waals surface area contributed by atoms with Gasteiger partial charge in [0.2, 0.25) is 5.13 Å². The van der Waals surface area contributed by atoms with Crippen LogP contribution in [0.15, 0.2) is 12.3 Å². The van der Waals surface area contributed by atoms with E-state index in [9.17, 15) is 4.79 Å². The van der Waals surface area contributed by atoms with Crippen molar-refractivity contribution in [2.45, 2.75) is 13.8 Å². The summed E-state index contributed by atoms with van der Waals surface area (Å²) in [5.74, 6) is 0.549. The quantitative estimate of drug-likeness (QED) is 0.821. The molecule has 0 fully saturated rings. The number of hydrogen-bond donors (Lipinski definition) is 2. The van der Waals surface area contributed by atoms with E-state index in [1.165, 1.54) is 23.8 Å². The molecule has 7 nitrogen and oxygen atoms in total. The van der Waals surface area contributed by atoms with Gasteiger partial charge in [-0.05, 0) is 19.9 Å². The van der Waals surface area contributed by atoms with Crippen molar-refractivity contribution < 1.29 is 9.53 Å². The summed E-state index contributed by atoms with van der Waals surface area (Å²) in [6, 6.07) is 1.52. The van der Waals surface area contributed by atoms with Crippen molar-refractivity contribution in [3.8, 4) is 0 Å². The van der Waals surface area contributed by atoms with Crippen molar-refractivity contribution >= 4 is 34.1 Å². The predicted molar refractivity (Wildman–Crippen MR) is 72.5 cm³/mol. The summed E-state index contributed by atoms with van der Waals surface area (Å²) >= 11 is 1.19. The number of anilines is 3. The topological polar surface area (TPSA) is 103 Å². The molecule has 0 spiro atoms. The fourth-order valence-corrected chi connectivity index (χ4v) is 1.98. The molecule has 0 saturated carbocycles. The Morgan fingerprint density at radius 2 is 2.37 bits per heavy atom. The Balaban J connectivity index is 2.27. The van der Waals surface area contributed by atoms with Gasteiger partial charge in [-0.2, -0.15) is 4.37 Å². The lowest BCUT2D eigenvalue weighted by molar-refractivity contribution is 0.0527. The molecule has 2 aromatic heterocycles. The molecule has 100 valence electrons. The van der Waals surface area contributed by atoms with E-state index in [1.807, 2.05) is 0 Å². The molecule has 0 atom stereocenters. The lowest BCUT2D eigenvalue weighted by Crippen LogP contribution is -2.10. The summed E-state index contributed by atoms with van der Waals surface area (Å²) in [5, 5.41) is 3.50. The van der Waals surface area contributed by atoms with Crippen LogP contribution in [0.2, 0.25) is 0 Å². The largest absolute Gasteiger partial charge is 0.462 e. The molecule has 0 radical (unpaired) electrons.